The molecule has 2 fully saturated rings. The maximum absolute atomic E-state index is 3.41. The van der Waals surface area contributed by atoms with Crippen molar-refractivity contribution in [1.82, 2.24) is 10.2 Å². The highest BCUT2D eigenvalue weighted by atomic mass is 15.2. The van der Waals surface area contributed by atoms with Crippen LogP contribution >= 0.6 is 0 Å². The Hall–Kier alpha value is -0.0800. The summed E-state index contributed by atoms with van der Waals surface area (Å²) in [6.45, 7) is 11.6. The quantitative estimate of drug-likeness (QED) is 0.616. The first-order chi connectivity index (χ1) is 6.20. The average Bonchev–Trinajstić information content (AvgIpc) is 2.49. The standard InChI is InChI=1S/C7H14N2.C4H10/c1-2-7-6-8-3-5-9(7)4-1;1-4(2)3/h7-8H,1-6H2;4H,1-3H3. The molecule has 0 aromatic carbocycles. The van der Waals surface area contributed by atoms with Crippen LogP contribution in [0.25, 0.3) is 0 Å². The number of nitrogens with zero attached hydrogens (tertiary/aromatic N) is 1. The monoisotopic (exact) mass is 184 g/mol. The SMILES string of the molecule is C1CC2CNCCN2C1.CC(C)C. The Morgan fingerprint density at radius 3 is 2.54 bits per heavy atom. The van der Waals surface area contributed by atoms with E-state index in [4.69, 9.17) is 0 Å². The third-order valence-electron chi connectivity index (χ3n) is 2.45. The van der Waals surface area contributed by atoms with Crippen LogP contribution in [-0.4, -0.2) is 37.1 Å². The topological polar surface area (TPSA) is 15.3 Å². The molecule has 2 heteroatoms. The molecule has 1 atom stereocenters. The largest absolute Gasteiger partial charge is 0.314 e. The first-order valence-corrected chi connectivity index (χ1v) is 5.65. The van der Waals surface area contributed by atoms with Crippen molar-refractivity contribution in [3.8, 4) is 0 Å². The molecule has 0 saturated carbocycles. The summed E-state index contributed by atoms with van der Waals surface area (Å²) in [6.07, 6.45) is 2.85. The maximum Gasteiger partial charge on any atom is 0.0221 e. The zero-order valence-electron chi connectivity index (χ0n) is 9.34. The average molecular weight is 184 g/mol. The predicted molar refractivity (Wildman–Crippen MR) is 58.0 cm³/mol. The normalized spacial score (nSPS) is 28.2. The third kappa shape index (κ3) is 4.10. The van der Waals surface area contributed by atoms with Crippen LogP contribution in [-0.2, 0) is 0 Å². The van der Waals surface area contributed by atoms with Gasteiger partial charge in [0, 0.05) is 25.7 Å². The number of hydrogen-bond donors (Lipinski definition) is 1. The molecule has 13 heavy (non-hydrogen) atoms. The Bertz CT molecular complexity index is 119. The van der Waals surface area contributed by atoms with Crippen molar-refractivity contribution in [2.75, 3.05) is 26.2 Å². The fraction of sp³-hybridized carbons (Fsp3) is 1.00. The lowest BCUT2D eigenvalue weighted by atomic mass is 10.2. The Morgan fingerprint density at radius 2 is 1.92 bits per heavy atom. The Kier molecular flexibility index (Phi) is 4.74. The van der Waals surface area contributed by atoms with Gasteiger partial charge in [-0.1, -0.05) is 20.8 Å². The maximum atomic E-state index is 3.41. The minimum absolute atomic E-state index is 0.833. The summed E-state index contributed by atoms with van der Waals surface area (Å²) >= 11 is 0. The molecular weight excluding hydrogens is 160 g/mol. The van der Waals surface area contributed by atoms with E-state index in [-0.39, 0.29) is 0 Å². The molecule has 0 radical (unpaired) electrons. The lowest BCUT2D eigenvalue weighted by molar-refractivity contribution is 0.212. The summed E-state index contributed by atoms with van der Waals surface area (Å²) in [7, 11) is 0. The summed E-state index contributed by atoms with van der Waals surface area (Å²) < 4.78 is 0. The lowest BCUT2D eigenvalue weighted by Crippen LogP contribution is -2.47. The van der Waals surface area contributed by atoms with Crippen LogP contribution in [0.2, 0.25) is 0 Å². The van der Waals surface area contributed by atoms with E-state index in [2.05, 4.69) is 31.0 Å². The van der Waals surface area contributed by atoms with Crippen molar-refractivity contribution in [2.45, 2.75) is 39.7 Å². The van der Waals surface area contributed by atoms with E-state index in [1.54, 1.807) is 0 Å². The van der Waals surface area contributed by atoms with Crippen molar-refractivity contribution in [3.63, 3.8) is 0 Å². The van der Waals surface area contributed by atoms with Gasteiger partial charge >= 0.3 is 0 Å². The van der Waals surface area contributed by atoms with E-state index in [0.29, 0.717) is 0 Å². The minimum atomic E-state index is 0.833. The molecule has 2 nitrogen and oxygen atoms in total. The summed E-state index contributed by atoms with van der Waals surface area (Å²) in [5, 5.41) is 3.41. The van der Waals surface area contributed by atoms with Gasteiger partial charge in [-0.25, -0.2) is 0 Å². The van der Waals surface area contributed by atoms with Crippen LogP contribution in [0.15, 0.2) is 0 Å². The third-order valence-corrected chi connectivity index (χ3v) is 2.45. The van der Waals surface area contributed by atoms with Gasteiger partial charge in [-0.15, -0.1) is 0 Å². The molecule has 0 amide bonds. The molecule has 2 heterocycles. The highest BCUT2D eigenvalue weighted by Gasteiger charge is 2.25. The summed E-state index contributed by atoms with van der Waals surface area (Å²) in [6, 6.07) is 0.888. The zero-order valence-corrected chi connectivity index (χ0v) is 9.34. The van der Waals surface area contributed by atoms with Gasteiger partial charge in [-0.05, 0) is 25.3 Å². The van der Waals surface area contributed by atoms with Crippen molar-refractivity contribution in [1.29, 1.82) is 0 Å². The first-order valence-electron chi connectivity index (χ1n) is 5.65. The minimum Gasteiger partial charge on any atom is -0.314 e. The molecule has 2 saturated heterocycles. The lowest BCUT2D eigenvalue weighted by Gasteiger charge is -2.29. The van der Waals surface area contributed by atoms with Gasteiger partial charge < -0.3 is 5.32 Å². The van der Waals surface area contributed by atoms with Gasteiger partial charge in [-0.2, -0.15) is 0 Å². The number of fused-ring (bicyclic) bond motifs is 1. The van der Waals surface area contributed by atoms with Gasteiger partial charge in [0.2, 0.25) is 0 Å². The second-order valence-corrected chi connectivity index (χ2v) is 4.77. The highest BCUT2D eigenvalue weighted by Crippen LogP contribution is 2.17. The van der Waals surface area contributed by atoms with Crippen LogP contribution in [0.5, 0.6) is 0 Å². The van der Waals surface area contributed by atoms with Gasteiger partial charge in [0.15, 0.2) is 0 Å². The van der Waals surface area contributed by atoms with E-state index in [1.165, 1.54) is 39.0 Å². The molecule has 2 rings (SSSR count). The van der Waals surface area contributed by atoms with Crippen molar-refractivity contribution >= 4 is 0 Å². The fourth-order valence-corrected chi connectivity index (χ4v) is 1.91. The molecule has 0 aromatic rings. The molecule has 78 valence electrons. The zero-order chi connectivity index (χ0) is 9.68. The number of piperazine rings is 1. The molecule has 0 aromatic heterocycles. The van der Waals surface area contributed by atoms with Crippen molar-refractivity contribution in [2.24, 2.45) is 5.92 Å². The smallest absolute Gasteiger partial charge is 0.0221 e. The number of hydrogen-bond acceptors (Lipinski definition) is 2. The molecule has 2 aliphatic heterocycles. The van der Waals surface area contributed by atoms with Crippen LogP contribution in [0.4, 0.5) is 0 Å². The first kappa shape index (κ1) is 11.0. The Morgan fingerprint density at radius 1 is 1.23 bits per heavy atom. The van der Waals surface area contributed by atoms with Crippen LogP contribution in [0.3, 0.4) is 0 Å². The second kappa shape index (κ2) is 5.61. The summed E-state index contributed by atoms with van der Waals surface area (Å²) in [5.41, 5.74) is 0. The van der Waals surface area contributed by atoms with Crippen molar-refractivity contribution in [3.05, 3.63) is 0 Å². The van der Waals surface area contributed by atoms with Gasteiger partial charge in [0.1, 0.15) is 0 Å². The van der Waals surface area contributed by atoms with E-state index >= 15 is 0 Å². The molecule has 0 bridgehead atoms. The van der Waals surface area contributed by atoms with Crippen LogP contribution < -0.4 is 5.32 Å². The van der Waals surface area contributed by atoms with Crippen molar-refractivity contribution < 1.29 is 0 Å². The van der Waals surface area contributed by atoms with E-state index < -0.39 is 0 Å². The van der Waals surface area contributed by atoms with Crippen LogP contribution in [0.1, 0.15) is 33.6 Å². The summed E-state index contributed by atoms with van der Waals surface area (Å²) in [4.78, 5) is 2.61. The van der Waals surface area contributed by atoms with Gasteiger partial charge in [-0.3, -0.25) is 4.90 Å². The Labute approximate surface area is 82.7 Å². The van der Waals surface area contributed by atoms with Gasteiger partial charge in [0.05, 0.1) is 0 Å². The predicted octanol–water partition coefficient (Wildman–Crippen LogP) is 1.72. The number of rotatable bonds is 0. The Balaban J connectivity index is 0.000000184. The van der Waals surface area contributed by atoms with E-state index in [9.17, 15) is 0 Å². The van der Waals surface area contributed by atoms with E-state index in [1.807, 2.05) is 0 Å². The molecule has 0 spiro atoms. The second-order valence-electron chi connectivity index (χ2n) is 4.77. The molecule has 1 unspecified atom stereocenters. The molecule has 2 aliphatic rings. The van der Waals surface area contributed by atoms with E-state index in [0.717, 1.165) is 12.0 Å². The highest BCUT2D eigenvalue weighted by molar-refractivity contribution is 4.84. The molecule has 1 N–H and O–H groups in total. The summed E-state index contributed by atoms with van der Waals surface area (Å²) in [5.74, 6) is 0.833. The fourth-order valence-electron chi connectivity index (χ4n) is 1.91. The number of nitrogens with one attached hydrogen (secondary N) is 1. The van der Waals surface area contributed by atoms with Crippen LogP contribution in [0, 0.1) is 5.92 Å². The van der Waals surface area contributed by atoms with Gasteiger partial charge in [0.25, 0.3) is 0 Å². The molecular formula is C11H24N2. The molecule has 0 aliphatic carbocycles.